The zero-order chi connectivity index (χ0) is 16.6. The van der Waals surface area contributed by atoms with Crippen LogP contribution in [-0.4, -0.2) is 28.0 Å². The van der Waals surface area contributed by atoms with Crippen LogP contribution >= 0.6 is 11.3 Å². The van der Waals surface area contributed by atoms with E-state index in [1.165, 1.54) is 28.7 Å². The van der Waals surface area contributed by atoms with Crippen LogP contribution in [0, 0.1) is 0 Å². The second kappa shape index (κ2) is 6.35. The molecule has 128 valence electrons. The summed E-state index contributed by atoms with van der Waals surface area (Å²) in [6.07, 6.45) is 8.29. The van der Waals surface area contributed by atoms with Crippen LogP contribution in [0.2, 0.25) is 0 Å². The molecule has 5 rings (SSSR count). The molecule has 5 nitrogen and oxygen atoms in total. The fourth-order valence-electron chi connectivity index (χ4n) is 4.13. The van der Waals surface area contributed by atoms with Crippen molar-refractivity contribution < 1.29 is 0 Å². The summed E-state index contributed by atoms with van der Waals surface area (Å²) in [7, 11) is 0. The monoisotopic (exact) mass is 351 g/mol. The van der Waals surface area contributed by atoms with Crippen molar-refractivity contribution in [1.29, 1.82) is 0 Å². The van der Waals surface area contributed by atoms with E-state index < -0.39 is 0 Å². The van der Waals surface area contributed by atoms with Gasteiger partial charge >= 0.3 is 0 Å². The van der Waals surface area contributed by atoms with Crippen molar-refractivity contribution in [2.75, 3.05) is 18.0 Å². The molecule has 0 saturated carbocycles. The van der Waals surface area contributed by atoms with Crippen molar-refractivity contribution >= 4 is 27.4 Å². The minimum absolute atomic E-state index is 0.310. The Morgan fingerprint density at radius 3 is 3.08 bits per heavy atom. The van der Waals surface area contributed by atoms with Crippen molar-refractivity contribution in [3.8, 4) is 0 Å². The van der Waals surface area contributed by atoms with E-state index in [0.717, 1.165) is 48.8 Å². The minimum atomic E-state index is 0.310. The van der Waals surface area contributed by atoms with Crippen LogP contribution in [0.4, 0.5) is 5.82 Å². The van der Waals surface area contributed by atoms with E-state index in [2.05, 4.69) is 32.3 Å². The Balaban J connectivity index is 1.65. The fraction of sp³-hybridized carbons (Fsp3) is 0.421. The summed E-state index contributed by atoms with van der Waals surface area (Å²) in [4.78, 5) is 19.0. The Hall–Kier alpha value is -2.05. The van der Waals surface area contributed by atoms with Crippen molar-refractivity contribution in [2.24, 2.45) is 0 Å². The number of hydrogen-bond donors (Lipinski definition) is 1. The first kappa shape index (κ1) is 15.2. The second-order valence-electron chi connectivity index (χ2n) is 6.77. The molecule has 0 spiro atoms. The van der Waals surface area contributed by atoms with Gasteiger partial charge < -0.3 is 10.2 Å². The van der Waals surface area contributed by atoms with Crippen LogP contribution in [0.3, 0.4) is 0 Å². The second-order valence-corrected chi connectivity index (χ2v) is 7.85. The van der Waals surface area contributed by atoms with Crippen LogP contribution in [-0.2, 0) is 13.0 Å². The van der Waals surface area contributed by atoms with Gasteiger partial charge in [-0.3, -0.25) is 4.98 Å². The number of thiophene rings is 1. The van der Waals surface area contributed by atoms with Gasteiger partial charge in [-0.05, 0) is 49.9 Å². The van der Waals surface area contributed by atoms with E-state index in [0.29, 0.717) is 6.04 Å². The van der Waals surface area contributed by atoms with Gasteiger partial charge in [0.1, 0.15) is 17.0 Å². The number of aromatic nitrogens is 3. The first-order valence-electron chi connectivity index (χ1n) is 9.05. The molecule has 1 saturated heterocycles. The summed E-state index contributed by atoms with van der Waals surface area (Å²) in [5, 5.41) is 4.76. The summed E-state index contributed by atoms with van der Waals surface area (Å²) >= 11 is 1.82. The minimum Gasteiger partial charge on any atom is -0.347 e. The number of anilines is 1. The van der Waals surface area contributed by atoms with Gasteiger partial charge in [0, 0.05) is 24.2 Å². The highest BCUT2D eigenvalue weighted by atomic mass is 32.1. The average Bonchev–Trinajstić information content (AvgIpc) is 3.07. The lowest BCUT2D eigenvalue weighted by Gasteiger charge is -2.36. The van der Waals surface area contributed by atoms with E-state index in [4.69, 9.17) is 4.98 Å². The molecule has 0 amide bonds. The van der Waals surface area contributed by atoms with E-state index >= 15 is 0 Å². The summed E-state index contributed by atoms with van der Waals surface area (Å²) < 4.78 is 0. The Morgan fingerprint density at radius 1 is 1.16 bits per heavy atom. The number of fused-ring (bicyclic) bond motifs is 3. The van der Waals surface area contributed by atoms with E-state index in [9.17, 15) is 0 Å². The zero-order valence-corrected chi connectivity index (χ0v) is 14.9. The molecular weight excluding hydrogens is 330 g/mol. The number of rotatable bonds is 2. The van der Waals surface area contributed by atoms with Crippen molar-refractivity contribution in [2.45, 2.75) is 38.3 Å². The maximum atomic E-state index is 4.76. The lowest BCUT2D eigenvalue weighted by Crippen LogP contribution is -2.34. The third-order valence-corrected chi connectivity index (χ3v) is 6.43. The molecule has 0 aliphatic carbocycles. The quantitative estimate of drug-likeness (QED) is 0.766. The van der Waals surface area contributed by atoms with Crippen LogP contribution in [0.25, 0.3) is 10.2 Å². The summed E-state index contributed by atoms with van der Waals surface area (Å²) in [6, 6.07) is 6.53. The Kier molecular flexibility index (Phi) is 3.87. The number of pyridine rings is 1. The lowest BCUT2D eigenvalue weighted by molar-refractivity contribution is 0.463. The molecule has 2 aliphatic heterocycles. The molecule has 1 fully saturated rings. The van der Waals surface area contributed by atoms with Gasteiger partial charge in [-0.25, -0.2) is 9.97 Å². The predicted octanol–water partition coefficient (Wildman–Crippen LogP) is 3.46. The molecule has 0 unspecified atom stereocenters. The van der Waals surface area contributed by atoms with Gasteiger partial charge in [0.25, 0.3) is 0 Å². The van der Waals surface area contributed by atoms with Crippen LogP contribution in [0.5, 0.6) is 0 Å². The van der Waals surface area contributed by atoms with Crippen molar-refractivity contribution in [1.82, 2.24) is 20.3 Å². The van der Waals surface area contributed by atoms with Crippen LogP contribution < -0.4 is 10.2 Å². The number of nitrogens with one attached hydrogen (secondary N) is 1. The molecule has 1 atom stereocenters. The van der Waals surface area contributed by atoms with Gasteiger partial charge in [0.05, 0.1) is 17.1 Å². The standard InChI is InChI=1S/C19H21N5S/c1-3-8-21-14(5-1)15-6-2-4-10-24(15)18-17-13-7-9-20-11-16(13)25-19(17)23-12-22-18/h1,3,5,8,12,15,20H,2,4,6-7,9-11H2/t15-/m1/s1. The van der Waals surface area contributed by atoms with Gasteiger partial charge in [-0.15, -0.1) is 11.3 Å². The average molecular weight is 351 g/mol. The topological polar surface area (TPSA) is 53.9 Å². The molecule has 25 heavy (non-hydrogen) atoms. The Morgan fingerprint density at radius 2 is 2.16 bits per heavy atom. The summed E-state index contributed by atoms with van der Waals surface area (Å²) in [6.45, 7) is 3.03. The largest absolute Gasteiger partial charge is 0.347 e. The smallest absolute Gasteiger partial charge is 0.141 e. The van der Waals surface area contributed by atoms with E-state index in [-0.39, 0.29) is 0 Å². The van der Waals surface area contributed by atoms with Gasteiger partial charge in [-0.2, -0.15) is 0 Å². The molecule has 0 radical (unpaired) electrons. The van der Waals surface area contributed by atoms with Crippen LogP contribution in [0.1, 0.15) is 41.4 Å². The fourth-order valence-corrected chi connectivity index (χ4v) is 5.28. The van der Waals surface area contributed by atoms with Gasteiger partial charge in [0.15, 0.2) is 0 Å². The summed E-state index contributed by atoms with van der Waals surface area (Å²) in [5.41, 5.74) is 2.61. The Labute approximate surface area is 151 Å². The molecular formula is C19H21N5S. The number of nitrogens with zero attached hydrogens (tertiary/aromatic N) is 4. The molecule has 2 aliphatic rings. The maximum absolute atomic E-state index is 4.76. The lowest BCUT2D eigenvalue weighted by atomic mass is 9.97. The first-order chi connectivity index (χ1) is 12.4. The third kappa shape index (κ3) is 2.60. The van der Waals surface area contributed by atoms with Crippen molar-refractivity contribution in [3.05, 3.63) is 46.9 Å². The molecule has 1 N–H and O–H groups in total. The third-order valence-electron chi connectivity index (χ3n) is 5.29. The van der Waals surface area contributed by atoms with E-state index in [1.54, 1.807) is 6.33 Å². The maximum Gasteiger partial charge on any atom is 0.141 e. The summed E-state index contributed by atoms with van der Waals surface area (Å²) in [5.74, 6) is 1.11. The molecule has 0 bridgehead atoms. The number of hydrogen-bond acceptors (Lipinski definition) is 6. The molecule has 3 aromatic rings. The zero-order valence-electron chi connectivity index (χ0n) is 14.1. The highest BCUT2D eigenvalue weighted by Gasteiger charge is 2.29. The molecule has 5 heterocycles. The molecule has 3 aromatic heterocycles. The number of piperidine rings is 1. The molecule has 6 heteroatoms. The normalized spacial score (nSPS) is 20.6. The highest BCUT2D eigenvalue weighted by molar-refractivity contribution is 7.19. The van der Waals surface area contributed by atoms with Gasteiger partial charge in [-0.1, -0.05) is 6.07 Å². The van der Waals surface area contributed by atoms with Gasteiger partial charge in [0.2, 0.25) is 0 Å². The van der Waals surface area contributed by atoms with Crippen LogP contribution in [0.15, 0.2) is 30.7 Å². The predicted molar refractivity (Wildman–Crippen MR) is 101 cm³/mol. The SMILES string of the molecule is c1ccc([C@H]2CCCCN2c2ncnc3sc4c(c23)CCNC4)nc1. The van der Waals surface area contributed by atoms with E-state index in [1.807, 2.05) is 23.6 Å². The first-order valence-corrected chi connectivity index (χ1v) is 9.87. The van der Waals surface area contributed by atoms with Crippen molar-refractivity contribution in [3.63, 3.8) is 0 Å². The highest BCUT2D eigenvalue weighted by Crippen LogP contribution is 2.41. The Bertz CT molecular complexity index is 891. The molecule has 0 aromatic carbocycles.